The molecule has 1 unspecified atom stereocenters. The Hall–Kier alpha value is -1.09. The monoisotopic (exact) mass is 289 g/mol. The summed E-state index contributed by atoms with van der Waals surface area (Å²) in [5.74, 6) is 1.14. The lowest BCUT2D eigenvalue weighted by molar-refractivity contribution is 0.430. The van der Waals surface area contributed by atoms with Gasteiger partial charge in [-0.05, 0) is 43.4 Å². The third-order valence-corrected chi connectivity index (χ3v) is 4.42. The van der Waals surface area contributed by atoms with Crippen molar-refractivity contribution in [2.24, 2.45) is 5.73 Å². The quantitative estimate of drug-likeness (QED) is 0.911. The van der Waals surface area contributed by atoms with Gasteiger partial charge in [-0.3, -0.25) is 0 Å². The molecule has 0 aliphatic carbocycles. The van der Waals surface area contributed by atoms with E-state index >= 15 is 0 Å². The molecule has 0 spiro atoms. The van der Waals surface area contributed by atoms with Crippen molar-refractivity contribution in [2.75, 3.05) is 11.4 Å². The molecular weight excluding hydrogens is 258 g/mol. The highest BCUT2D eigenvalue weighted by molar-refractivity contribution is 5.45. The lowest BCUT2D eigenvalue weighted by atomic mass is 9.90. The maximum Gasteiger partial charge on any atom is 0.129 e. The number of hydrogen-bond acceptors (Lipinski definition) is 3. The summed E-state index contributed by atoms with van der Waals surface area (Å²) in [6, 6.07) is 5.02. The van der Waals surface area contributed by atoms with Crippen molar-refractivity contribution in [3.8, 4) is 0 Å². The Labute approximate surface area is 129 Å². The van der Waals surface area contributed by atoms with Crippen molar-refractivity contribution in [1.82, 2.24) is 4.98 Å². The molecular formula is C18H31N3. The van der Waals surface area contributed by atoms with E-state index in [0.29, 0.717) is 12.6 Å². The third-order valence-electron chi connectivity index (χ3n) is 4.42. The van der Waals surface area contributed by atoms with Crippen LogP contribution >= 0.6 is 0 Å². The van der Waals surface area contributed by atoms with Crippen molar-refractivity contribution < 1.29 is 0 Å². The zero-order valence-corrected chi connectivity index (χ0v) is 14.2. The molecule has 21 heavy (non-hydrogen) atoms. The van der Waals surface area contributed by atoms with Crippen LogP contribution in [0.4, 0.5) is 5.82 Å². The first-order valence-corrected chi connectivity index (χ1v) is 8.44. The van der Waals surface area contributed by atoms with Crippen LogP contribution in [0.5, 0.6) is 0 Å². The Balaban J connectivity index is 2.36. The number of nitrogens with zero attached hydrogens (tertiary/aromatic N) is 2. The molecule has 0 saturated carbocycles. The minimum absolute atomic E-state index is 0.0654. The lowest BCUT2D eigenvalue weighted by Crippen LogP contribution is -2.40. The van der Waals surface area contributed by atoms with Gasteiger partial charge in [0.2, 0.25) is 0 Å². The van der Waals surface area contributed by atoms with Gasteiger partial charge in [0.25, 0.3) is 0 Å². The average molecular weight is 289 g/mol. The number of pyridine rings is 1. The SMILES string of the molecule is CCCC1CCCCN1c1cc(CN)cc(C(C)(C)C)n1. The number of aromatic nitrogens is 1. The number of hydrogen-bond donors (Lipinski definition) is 1. The normalized spacial score (nSPS) is 19.9. The van der Waals surface area contributed by atoms with Crippen LogP contribution < -0.4 is 10.6 Å². The summed E-state index contributed by atoms with van der Waals surface area (Å²) in [4.78, 5) is 7.51. The van der Waals surface area contributed by atoms with E-state index in [4.69, 9.17) is 10.7 Å². The first kappa shape index (κ1) is 16.3. The van der Waals surface area contributed by atoms with Crippen LogP contribution in [0.25, 0.3) is 0 Å². The second-order valence-electron chi connectivity index (χ2n) is 7.30. The van der Waals surface area contributed by atoms with Gasteiger partial charge in [-0.15, -0.1) is 0 Å². The number of rotatable bonds is 4. The molecule has 1 saturated heterocycles. The number of piperidine rings is 1. The zero-order valence-electron chi connectivity index (χ0n) is 14.2. The van der Waals surface area contributed by atoms with Gasteiger partial charge in [-0.2, -0.15) is 0 Å². The van der Waals surface area contributed by atoms with Gasteiger partial charge in [-0.1, -0.05) is 34.1 Å². The van der Waals surface area contributed by atoms with Crippen LogP contribution in [0, 0.1) is 0 Å². The van der Waals surface area contributed by atoms with E-state index in [1.807, 2.05) is 0 Å². The average Bonchev–Trinajstić information content (AvgIpc) is 2.47. The highest BCUT2D eigenvalue weighted by Gasteiger charge is 2.25. The predicted molar refractivity (Wildman–Crippen MR) is 90.7 cm³/mol. The summed E-state index contributed by atoms with van der Waals surface area (Å²) in [6.07, 6.45) is 6.43. The smallest absolute Gasteiger partial charge is 0.129 e. The lowest BCUT2D eigenvalue weighted by Gasteiger charge is -2.37. The van der Waals surface area contributed by atoms with Crippen LogP contribution in [0.15, 0.2) is 12.1 Å². The summed E-state index contributed by atoms with van der Waals surface area (Å²) >= 11 is 0. The van der Waals surface area contributed by atoms with Gasteiger partial charge < -0.3 is 10.6 Å². The Morgan fingerprint density at radius 1 is 1.29 bits per heavy atom. The zero-order chi connectivity index (χ0) is 15.5. The van der Waals surface area contributed by atoms with E-state index in [0.717, 1.165) is 18.1 Å². The Morgan fingerprint density at radius 3 is 2.67 bits per heavy atom. The fraction of sp³-hybridized carbons (Fsp3) is 0.722. The standard InChI is InChI=1S/C18H31N3/c1-5-8-15-9-6-7-10-21(15)17-12-14(13-19)11-16(20-17)18(2,3)4/h11-12,15H,5-10,13,19H2,1-4H3. The van der Waals surface area contributed by atoms with Crippen LogP contribution in [-0.2, 0) is 12.0 Å². The van der Waals surface area contributed by atoms with E-state index in [1.54, 1.807) is 0 Å². The first-order chi connectivity index (χ1) is 9.95. The highest BCUT2D eigenvalue weighted by Crippen LogP contribution is 2.29. The summed E-state index contributed by atoms with van der Waals surface area (Å²) < 4.78 is 0. The molecule has 1 aromatic heterocycles. The fourth-order valence-corrected chi connectivity index (χ4v) is 3.16. The van der Waals surface area contributed by atoms with E-state index < -0.39 is 0 Å². The molecule has 2 N–H and O–H groups in total. The molecule has 1 aliphatic rings. The van der Waals surface area contributed by atoms with Crippen LogP contribution in [0.1, 0.15) is 71.1 Å². The largest absolute Gasteiger partial charge is 0.354 e. The maximum atomic E-state index is 5.91. The highest BCUT2D eigenvalue weighted by atomic mass is 15.2. The summed E-state index contributed by atoms with van der Waals surface area (Å²) in [5.41, 5.74) is 8.33. The van der Waals surface area contributed by atoms with Gasteiger partial charge in [0.1, 0.15) is 5.82 Å². The van der Waals surface area contributed by atoms with Gasteiger partial charge in [-0.25, -0.2) is 4.98 Å². The van der Waals surface area contributed by atoms with Crippen molar-refractivity contribution in [2.45, 2.75) is 77.8 Å². The fourth-order valence-electron chi connectivity index (χ4n) is 3.16. The molecule has 0 amide bonds. The Bertz CT molecular complexity index is 460. The van der Waals surface area contributed by atoms with Crippen LogP contribution in [-0.4, -0.2) is 17.6 Å². The Kier molecular flexibility index (Phi) is 5.26. The van der Waals surface area contributed by atoms with Crippen molar-refractivity contribution in [3.05, 3.63) is 23.4 Å². The van der Waals surface area contributed by atoms with Crippen LogP contribution in [0.2, 0.25) is 0 Å². The summed E-state index contributed by atoms with van der Waals surface area (Å²) in [7, 11) is 0. The molecule has 1 fully saturated rings. The topological polar surface area (TPSA) is 42.1 Å². The molecule has 0 aromatic carbocycles. The molecule has 1 aromatic rings. The number of anilines is 1. The van der Waals surface area contributed by atoms with Gasteiger partial charge >= 0.3 is 0 Å². The second kappa shape index (κ2) is 6.78. The molecule has 118 valence electrons. The summed E-state index contributed by atoms with van der Waals surface area (Å²) in [6.45, 7) is 10.7. The second-order valence-corrected chi connectivity index (χ2v) is 7.30. The maximum absolute atomic E-state index is 5.91. The molecule has 0 bridgehead atoms. The first-order valence-electron chi connectivity index (χ1n) is 8.44. The molecule has 0 radical (unpaired) electrons. The van der Waals surface area contributed by atoms with Crippen molar-refractivity contribution >= 4 is 5.82 Å². The Morgan fingerprint density at radius 2 is 2.05 bits per heavy atom. The third kappa shape index (κ3) is 3.97. The van der Waals surface area contributed by atoms with Gasteiger partial charge in [0.15, 0.2) is 0 Å². The van der Waals surface area contributed by atoms with E-state index in [1.165, 1.54) is 37.7 Å². The van der Waals surface area contributed by atoms with E-state index in [9.17, 15) is 0 Å². The molecule has 3 nitrogen and oxygen atoms in total. The van der Waals surface area contributed by atoms with E-state index in [-0.39, 0.29) is 5.41 Å². The predicted octanol–water partition coefficient (Wildman–Crippen LogP) is 4.00. The minimum Gasteiger partial charge on any atom is -0.354 e. The van der Waals surface area contributed by atoms with Gasteiger partial charge in [0, 0.05) is 30.2 Å². The molecule has 2 rings (SSSR count). The molecule has 1 aliphatic heterocycles. The summed E-state index contributed by atoms with van der Waals surface area (Å²) in [5, 5.41) is 0. The van der Waals surface area contributed by atoms with E-state index in [2.05, 4.69) is 44.7 Å². The van der Waals surface area contributed by atoms with Crippen molar-refractivity contribution in [3.63, 3.8) is 0 Å². The number of nitrogens with two attached hydrogens (primary N) is 1. The van der Waals surface area contributed by atoms with Crippen molar-refractivity contribution in [1.29, 1.82) is 0 Å². The molecule has 2 heterocycles. The molecule has 3 heteroatoms. The van der Waals surface area contributed by atoms with Crippen LogP contribution in [0.3, 0.4) is 0 Å². The molecule has 1 atom stereocenters. The minimum atomic E-state index is 0.0654. The van der Waals surface area contributed by atoms with Gasteiger partial charge in [0.05, 0.1) is 0 Å².